The molecule has 0 radical (unpaired) electrons. The number of carbonyl (C=O) groups is 1. The van der Waals surface area contributed by atoms with Crippen LogP contribution in [0.15, 0.2) is 42.5 Å². The van der Waals surface area contributed by atoms with Crippen LogP contribution in [0, 0.1) is 0 Å². The molecule has 0 spiro atoms. The number of benzene rings is 2. The van der Waals surface area contributed by atoms with Gasteiger partial charge in [0.25, 0.3) is 5.91 Å². The standard InChI is InChI=1S/C17H18ClNO4/c1-21-13-4-6-14(7-5-13)23-10-9-19-17(20)12-3-8-16(22-2)15(18)11-12/h3-8,11H,9-10H2,1-2H3,(H,19,20). The molecule has 0 heterocycles. The van der Waals surface area contributed by atoms with Crippen molar-refractivity contribution in [2.24, 2.45) is 0 Å². The van der Waals surface area contributed by atoms with E-state index in [2.05, 4.69) is 5.32 Å². The third kappa shape index (κ3) is 4.79. The number of rotatable bonds is 7. The van der Waals surface area contributed by atoms with Gasteiger partial charge >= 0.3 is 0 Å². The molecule has 23 heavy (non-hydrogen) atoms. The summed E-state index contributed by atoms with van der Waals surface area (Å²) < 4.78 is 15.7. The molecule has 0 saturated heterocycles. The molecule has 2 aromatic rings. The number of ether oxygens (including phenoxy) is 3. The van der Waals surface area contributed by atoms with Crippen LogP contribution in [0.4, 0.5) is 0 Å². The lowest BCUT2D eigenvalue weighted by Crippen LogP contribution is -2.28. The summed E-state index contributed by atoms with van der Waals surface area (Å²) in [6.45, 7) is 0.746. The first kappa shape index (κ1) is 17.0. The fourth-order valence-electron chi connectivity index (χ4n) is 1.92. The molecule has 0 aliphatic rings. The Morgan fingerprint density at radius 2 is 1.74 bits per heavy atom. The Kier molecular flexibility index (Phi) is 6.11. The number of halogens is 1. The SMILES string of the molecule is COc1ccc(OCCNC(=O)c2ccc(OC)c(Cl)c2)cc1. The molecule has 5 nitrogen and oxygen atoms in total. The highest BCUT2D eigenvalue weighted by atomic mass is 35.5. The van der Waals surface area contributed by atoms with E-state index in [1.807, 2.05) is 24.3 Å². The molecule has 0 atom stereocenters. The molecule has 1 N–H and O–H groups in total. The Morgan fingerprint density at radius 3 is 2.35 bits per heavy atom. The van der Waals surface area contributed by atoms with Crippen molar-refractivity contribution in [2.75, 3.05) is 27.4 Å². The molecular weight excluding hydrogens is 318 g/mol. The van der Waals surface area contributed by atoms with Gasteiger partial charge in [-0.1, -0.05) is 11.6 Å². The molecule has 0 aromatic heterocycles. The summed E-state index contributed by atoms with van der Waals surface area (Å²) >= 11 is 6.00. The fourth-order valence-corrected chi connectivity index (χ4v) is 2.17. The second-order valence-corrected chi connectivity index (χ2v) is 5.04. The summed E-state index contributed by atoms with van der Waals surface area (Å²) in [5.74, 6) is 1.80. The van der Waals surface area contributed by atoms with Crippen LogP contribution in [0.5, 0.6) is 17.2 Å². The molecule has 0 aliphatic heterocycles. The predicted molar refractivity (Wildman–Crippen MR) is 88.8 cm³/mol. The Balaban J connectivity index is 1.79. The van der Waals surface area contributed by atoms with Crippen LogP contribution in [0.25, 0.3) is 0 Å². The number of carbonyl (C=O) groups excluding carboxylic acids is 1. The molecular formula is C17H18ClNO4. The summed E-state index contributed by atoms with van der Waals surface area (Å²) in [6.07, 6.45) is 0. The molecule has 1 amide bonds. The fraction of sp³-hybridized carbons (Fsp3) is 0.235. The zero-order valence-corrected chi connectivity index (χ0v) is 13.7. The van der Waals surface area contributed by atoms with Crippen LogP contribution in [0.3, 0.4) is 0 Å². The molecule has 0 saturated carbocycles. The molecule has 0 unspecified atom stereocenters. The Bertz CT molecular complexity index is 658. The van der Waals surface area contributed by atoms with E-state index < -0.39 is 0 Å². The van der Waals surface area contributed by atoms with Crippen molar-refractivity contribution in [3.63, 3.8) is 0 Å². The van der Waals surface area contributed by atoms with Gasteiger partial charge in [0.05, 0.1) is 25.8 Å². The van der Waals surface area contributed by atoms with Crippen LogP contribution in [-0.4, -0.2) is 33.3 Å². The average Bonchev–Trinajstić information content (AvgIpc) is 2.59. The zero-order valence-electron chi connectivity index (χ0n) is 13.0. The van der Waals surface area contributed by atoms with Gasteiger partial charge < -0.3 is 19.5 Å². The summed E-state index contributed by atoms with van der Waals surface area (Å²) in [5.41, 5.74) is 0.472. The van der Waals surface area contributed by atoms with Crippen molar-refractivity contribution in [3.05, 3.63) is 53.1 Å². The van der Waals surface area contributed by atoms with E-state index >= 15 is 0 Å². The first-order chi connectivity index (χ1) is 11.1. The molecule has 0 fully saturated rings. The van der Waals surface area contributed by atoms with Crippen LogP contribution in [-0.2, 0) is 0 Å². The normalized spacial score (nSPS) is 10.0. The minimum atomic E-state index is -0.215. The second-order valence-electron chi connectivity index (χ2n) is 4.63. The van der Waals surface area contributed by atoms with E-state index in [0.29, 0.717) is 35.2 Å². The first-order valence-corrected chi connectivity index (χ1v) is 7.40. The van der Waals surface area contributed by atoms with Crippen LogP contribution < -0.4 is 19.5 Å². The lowest BCUT2D eigenvalue weighted by Gasteiger charge is -2.09. The Morgan fingerprint density at radius 1 is 1.04 bits per heavy atom. The summed E-state index contributed by atoms with van der Waals surface area (Å²) in [7, 11) is 3.13. The summed E-state index contributed by atoms with van der Waals surface area (Å²) in [6, 6.07) is 12.1. The van der Waals surface area contributed by atoms with Crippen molar-refractivity contribution in [1.29, 1.82) is 0 Å². The van der Waals surface area contributed by atoms with E-state index in [-0.39, 0.29) is 5.91 Å². The van der Waals surface area contributed by atoms with Gasteiger partial charge in [0, 0.05) is 5.56 Å². The molecule has 0 aliphatic carbocycles. The lowest BCUT2D eigenvalue weighted by atomic mass is 10.2. The van der Waals surface area contributed by atoms with E-state index in [1.54, 1.807) is 25.3 Å². The van der Waals surface area contributed by atoms with Crippen molar-refractivity contribution in [1.82, 2.24) is 5.32 Å². The molecule has 6 heteroatoms. The third-order valence-corrected chi connectivity index (χ3v) is 3.43. The van der Waals surface area contributed by atoms with Crippen molar-refractivity contribution < 1.29 is 19.0 Å². The van der Waals surface area contributed by atoms with Gasteiger partial charge in [0.2, 0.25) is 0 Å². The minimum Gasteiger partial charge on any atom is -0.497 e. The minimum absolute atomic E-state index is 0.215. The monoisotopic (exact) mass is 335 g/mol. The molecule has 2 rings (SSSR count). The Hall–Kier alpha value is -2.40. The number of amides is 1. The van der Waals surface area contributed by atoms with Crippen molar-refractivity contribution >= 4 is 17.5 Å². The van der Waals surface area contributed by atoms with Gasteiger partial charge in [0.15, 0.2) is 0 Å². The van der Waals surface area contributed by atoms with Crippen molar-refractivity contribution in [3.8, 4) is 17.2 Å². The molecule has 2 aromatic carbocycles. The van der Waals surface area contributed by atoms with Gasteiger partial charge in [-0.05, 0) is 42.5 Å². The van der Waals surface area contributed by atoms with Gasteiger partial charge in [0.1, 0.15) is 23.9 Å². The first-order valence-electron chi connectivity index (χ1n) is 7.02. The topological polar surface area (TPSA) is 56.8 Å². The summed E-state index contributed by atoms with van der Waals surface area (Å²) in [4.78, 5) is 12.0. The maximum atomic E-state index is 12.0. The average molecular weight is 336 g/mol. The van der Waals surface area contributed by atoms with E-state index in [1.165, 1.54) is 7.11 Å². The van der Waals surface area contributed by atoms with E-state index in [0.717, 1.165) is 5.75 Å². The zero-order chi connectivity index (χ0) is 16.7. The number of methoxy groups -OCH3 is 2. The van der Waals surface area contributed by atoms with Crippen LogP contribution >= 0.6 is 11.6 Å². The summed E-state index contributed by atoms with van der Waals surface area (Å²) in [5, 5.41) is 3.17. The highest BCUT2D eigenvalue weighted by molar-refractivity contribution is 6.32. The highest BCUT2D eigenvalue weighted by Gasteiger charge is 2.08. The third-order valence-electron chi connectivity index (χ3n) is 3.13. The maximum absolute atomic E-state index is 12.0. The second kappa shape index (κ2) is 8.29. The number of nitrogens with one attached hydrogen (secondary N) is 1. The van der Waals surface area contributed by atoms with Crippen LogP contribution in [0.1, 0.15) is 10.4 Å². The molecule has 0 bridgehead atoms. The number of hydrogen-bond donors (Lipinski definition) is 1. The van der Waals surface area contributed by atoms with E-state index in [9.17, 15) is 4.79 Å². The highest BCUT2D eigenvalue weighted by Crippen LogP contribution is 2.24. The van der Waals surface area contributed by atoms with Gasteiger partial charge in [-0.15, -0.1) is 0 Å². The van der Waals surface area contributed by atoms with E-state index in [4.69, 9.17) is 25.8 Å². The van der Waals surface area contributed by atoms with Crippen LogP contribution in [0.2, 0.25) is 5.02 Å². The predicted octanol–water partition coefficient (Wildman–Crippen LogP) is 3.17. The smallest absolute Gasteiger partial charge is 0.251 e. The lowest BCUT2D eigenvalue weighted by molar-refractivity contribution is 0.0947. The number of hydrogen-bond acceptors (Lipinski definition) is 4. The van der Waals surface area contributed by atoms with Gasteiger partial charge in [-0.25, -0.2) is 0 Å². The molecule has 122 valence electrons. The largest absolute Gasteiger partial charge is 0.497 e. The van der Waals surface area contributed by atoms with Gasteiger partial charge in [-0.3, -0.25) is 4.79 Å². The van der Waals surface area contributed by atoms with Gasteiger partial charge in [-0.2, -0.15) is 0 Å². The maximum Gasteiger partial charge on any atom is 0.251 e. The van der Waals surface area contributed by atoms with Crippen molar-refractivity contribution in [2.45, 2.75) is 0 Å². The quantitative estimate of drug-likeness (QED) is 0.790. The Labute approximate surface area is 140 Å².